The number of anilines is 1. The van der Waals surface area contributed by atoms with Gasteiger partial charge in [-0.1, -0.05) is 17.8 Å². The molecule has 1 saturated carbocycles. The van der Waals surface area contributed by atoms with Crippen LogP contribution in [-0.4, -0.2) is 76.7 Å². The van der Waals surface area contributed by atoms with Crippen molar-refractivity contribution in [1.82, 2.24) is 15.1 Å². The molecule has 3 aliphatic rings. The molecule has 0 aromatic heterocycles. The number of likely N-dealkylation sites (tertiary alicyclic amines) is 1. The average Bonchev–Trinajstić information content (AvgIpc) is 3.61. The van der Waals surface area contributed by atoms with Gasteiger partial charge >= 0.3 is 0 Å². The van der Waals surface area contributed by atoms with Gasteiger partial charge in [0.1, 0.15) is 5.25 Å². The lowest BCUT2D eigenvalue weighted by Gasteiger charge is -2.27. The Bertz CT molecular complexity index is 926. The topological polar surface area (TPSA) is 94.1 Å². The second-order valence-electron chi connectivity index (χ2n) is 9.18. The van der Waals surface area contributed by atoms with E-state index in [1.54, 1.807) is 24.3 Å². The summed E-state index contributed by atoms with van der Waals surface area (Å²) in [6.45, 7) is 4.52. The number of piperidine rings is 1. The molecule has 2 atom stereocenters. The van der Waals surface area contributed by atoms with Gasteiger partial charge in [0.05, 0.1) is 0 Å². The number of carbonyl (C=O) groups is 3. The highest BCUT2D eigenvalue weighted by molar-refractivity contribution is 8.15. The monoisotopic (exact) mass is 471 g/mol. The molecule has 2 N–H and O–H groups in total. The first kappa shape index (κ1) is 23.8. The number of nitrogens with zero attached hydrogens (tertiary/aromatic N) is 3. The molecule has 0 radical (unpaired) electrons. The lowest BCUT2D eigenvalue weighted by Crippen LogP contribution is -2.41. The number of benzene rings is 1. The molecule has 1 aromatic rings. The highest BCUT2D eigenvalue weighted by Crippen LogP contribution is 2.29. The quantitative estimate of drug-likeness (QED) is 0.606. The standard InChI is InChI=1S/C24H33N5O3S/c1-16(28(2)19-9-10-19)15-25-22(31)17-7-6-8-18(13-17)26-21(30)14-20-23(32)27-24(33-20)29-11-4-3-5-12-29/h6-8,13,16,19-20H,3-5,9-12,14-15H2,1-2H3,(H,25,31)(H,26,30). The van der Waals surface area contributed by atoms with Crippen LogP contribution in [0, 0.1) is 0 Å². The van der Waals surface area contributed by atoms with E-state index in [-0.39, 0.29) is 30.2 Å². The minimum Gasteiger partial charge on any atom is -0.351 e. The average molecular weight is 472 g/mol. The van der Waals surface area contributed by atoms with Gasteiger partial charge in [-0.2, -0.15) is 4.99 Å². The first-order valence-electron chi connectivity index (χ1n) is 11.8. The van der Waals surface area contributed by atoms with Crippen LogP contribution in [0.25, 0.3) is 0 Å². The van der Waals surface area contributed by atoms with Gasteiger partial charge in [-0.25, -0.2) is 0 Å². The van der Waals surface area contributed by atoms with Crippen LogP contribution in [0.15, 0.2) is 29.3 Å². The van der Waals surface area contributed by atoms with E-state index < -0.39 is 5.25 Å². The zero-order valence-electron chi connectivity index (χ0n) is 19.4. The largest absolute Gasteiger partial charge is 0.351 e. The summed E-state index contributed by atoms with van der Waals surface area (Å²) in [5, 5.41) is 6.07. The SMILES string of the molecule is CC(CNC(=O)c1cccc(NC(=O)CC2SC(N3CCCCC3)=NC2=O)c1)N(C)C1CC1. The number of nitrogens with one attached hydrogen (secondary N) is 2. The van der Waals surface area contributed by atoms with Crippen LogP contribution >= 0.6 is 11.8 Å². The van der Waals surface area contributed by atoms with E-state index in [0.29, 0.717) is 23.8 Å². The molecule has 2 heterocycles. The van der Waals surface area contributed by atoms with Crippen LogP contribution in [0.5, 0.6) is 0 Å². The predicted octanol–water partition coefficient (Wildman–Crippen LogP) is 2.71. The van der Waals surface area contributed by atoms with Crippen molar-refractivity contribution >= 4 is 40.3 Å². The molecule has 2 unspecified atom stereocenters. The van der Waals surface area contributed by atoms with Gasteiger partial charge in [0, 0.05) is 49.4 Å². The number of thioether (sulfide) groups is 1. The molecule has 1 saturated heterocycles. The summed E-state index contributed by atoms with van der Waals surface area (Å²) < 4.78 is 0. The Morgan fingerprint density at radius 3 is 2.73 bits per heavy atom. The molecule has 33 heavy (non-hydrogen) atoms. The Balaban J connectivity index is 1.26. The number of hydrogen-bond acceptors (Lipinski definition) is 6. The number of rotatable bonds is 8. The Labute approximate surface area is 199 Å². The van der Waals surface area contributed by atoms with Crippen molar-refractivity contribution in [3.05, 3.63) is 29.8 Å². The van der Waals surface area contributed by atoms with Crippen LogP contribution in [-0.2, 0) is 9.59 Å². The highest BCUT2D eigenvalue weighted by Gasteiger charge is 2.33. The minimum absolute atomic E-state index is 0.0613. The number of amides is 3. The van der Waals surface area contributed by atoms with Gasteiger partial charge in [0.25, 0.3) is 11.8 Å². The molecule has 1 aliphatic carbocycles. The van der Waals surface area contributed by atoms with E-state index in [1.165, 1.54) is 31.0 Å². The van der Waals surface area contributed by atoms with Crippen LogP contribution in [0.1, 0.15) is 55.8 Å². The van der Waals surface area contributed by atoms with E-state index in [1.807, 2.05) is 0 Å². The van der Waals surface area contributed by atoms with E-state index in [9.17, 15) is 14.4 Å². The van der Waals surface area contributed by atoms with Crippen molar-refractivity contribution in [3.63, 3.8) is 0 Å². The van der Waals surface area contributed by atoms with Crippen molar-refractivity contribution in [1.29, 1.82) is 0 Å². The summed E-state index contributed by atoms with van der Waals surface area (Å²) >= 11 is 1.39. The second-order valence-corrected chi connectivity index (χ2v) is 10.3. The molecule has 9 heteroatoms. The molecule has 2 aliphatic heterocycles. The zero-order valence-corrected chi connectivity index (χ0v) is 20.2. The highest BCUT2D eigenvalue weighted by atomic mass is 32.2. The fourth-order valence-electron chi connectivity index (χ4n) is 4.18. The summed E-state index contributed by atoms with van der Waals surface area (Å²) in [6.07, 6.45) is 5.95. The Hall–Kier alpha value is -2.39. The molecule has 2 fully saturated rings. The smallest absolute Gasteiger partial charge is 0.262 e. The maximum absolute atomic E-state index is 12.6. The fourth-order valence-corrected chi connectivity index (χ4v) is 5.29. The van der Waals surface area contributed by atoms with Crippen LogP contribution in [0.3, 0.4) is 0 Å². The molecule has 0 spiro atoms. The van der Waals surface area contributed by atoms with Crippen molar-refractivity contribution in [2.24, 2.45) is 4.99 Å². The number of likely N-dealkylation sites (N-methyl/N-ethyl adjacent to an activating group) is 1. The van der Waals surface area contributed by atoms with Gasteiger partial charge in [0.2, 0.25) is 5.91 Å². The normalized spacial score (nSPS) is 21.7. The van der Waals surface area contributed by atoms with Crippen LogP contribution in [0.2, 0.25) is 0 Å². The summed E-state index contributed by atoms with van der Waals surface area (Å²) in [7, 11) is 2.10. The molecular weight excluding hydrogens is 438 g/mol. The van der Waals surface area contributed by atoms with Crippen LogP contribution in [0.4, 0.5) is 5.69 Å². The number of hydrogen-bond donors (Lipinski definition) is 2. The summed E-state index contributed by atoms with van der Waals surface area (Å²) in [5.74, 6) is -0.662. The lowest BCUT2D eigenvalue weighted by molar-refractivity contribution is -0.121. The Kier molecular flexibility index (Phi) is 7.70. The molecule has 1 aromatic carbocycles. The van der Waals surface area contributed by atoms with Gasteiger partial charge in [-0.3, -0.25) is 19.3 Å². The maximum Gasteiger partial charge on any atom is 0.262 e. The third kappa shape index (κ3) is 6.35. The second kappa shape index (κ2) is 10.7. The fraction of sp³-hybridized carbons (Fsp3) is 0.583. The van der Waals surface area contributed by atoms with E-state index in [0.717, 1.165) is 31.1 Å². The number of aliphatic imine (C=N–C) groups is 1. The van der Waals surface area contributed by atoms with Gasteiger partial charge < -0.3 is 15.5 Å². The molecule has 178 valence electrons. The van der Waals surface area contributed by atoms with E-state index in [4.69, 9.17) is 0 Å². The van der Waals surface area contributed by atoms with Crippen molar-refractivity contribution in [3.8, 4) is 0 Å². The molecule has 4 rings (SSSR count). The van der Waals surface area contributed by atoms with Crippen molar-refractivity contribution < 1.29 is 14.4 Å². The van der Waals surface area contributed by atoms with Gasteiger partial charge in [-0.15, -0.1) is 0 Å². The Morgan fingerprint density at radius 2 is 2.00 bits per heavy atom. The lowest BCUT2D eigenvalue weighted by atomic mass is 10.1. The summed E-state index contributed by atoms with van der Waals surface area (Å²) in [5.41, 5.74) is 1.04. The predicted molar refractivity (Wildman–Crippen MR) is 132 cm³/mol. The molecule has 8 nitrogen and oxygen atoms in total. The molecule has 3 amide bonds. The third-order valence-electron chi connectivity index (χ3n) is 6.51. The molecular formula is C24H33N5O3S. The number of carbonyl (C=O) groups excluding carboxylic acids is 3. The zero-order chi connectivity index (χ0) is 23.4. The van der Waals surface area contributed by atoms with Crippen molar-refractivity contribution in [2.45, 2.75) is 62.8 Å². The minimum atomic E-state index is -0.488. The van der Waals surface area contributed by atoms with E-state index in [2.05, 4.69) is 39.4 Å². The first-order chi connectivity index (χ1) is 15.9. The van der Waals surface area contributed by atoms with Gasteiger partial charge in [0.15, 0.2) is 5.17 Å². The molecule has 0 bridgehead atoms. The summed E-state index contributed by atoms with van der Waals surface area (Å²) in [4.78, 5) is 46.1. The number of amidine groups is 1. The Morgan fingerprint density at radius 1 is 1.24 bits per heavy atom. The first-order valence-corrected chi connectivity index (χ1v) is 12.7. The summed E-state index contributed by atoms with van der Waals surface area (Å²) in [6, 6.07) is 7.80. The third-order valence-corrected chi connectivity index (χ3v) is 7.72. The van der Waals surface area contributed by atoms with Gasteiger partial charge in [-0.05, 0) is 64.3 Å². The van der Waals surface area contributed by atoms with Crippen molar-refractivity contribution in [2.75, 3.05) is 32.0 Å². The van der Waals surface area contributed by atoms with E-state index >= 15 is 0 Å². The maximum atomic E-state index is 12.6. The van der Waals surface area contributed by atoms with Crippen LogP contribution < -0.4 is 10.6 Å².